The zero-order valence-electron chi connectivity index (χ0n) is 13.9. The number of primary amides is 1. The number of hydrogen-bond acceptors (Lipinski definition) is 4. The first kappa shape index (κ1) is 17.3. The lowest BCUT2D eigenvalue weighted by Gasteiger charge is -2.24. The van der Waals surface area contributed by atoms with Gasteiger partial charge < -0.3 is 15.2 Å². The van der Waals surface area contributed by atoms with E-state index in [4.69, 9.17) is 11.0 Å². The third kappa shape index (κ3) is 4.46. The summed E-state index contributed by atoms with van der Waals surface area (Å²) in [6, 6.07) is 9.59. The van der Waals surface area contributed by atoms with Crippen LogP contribution in [0.3, 0.4) is 0 Å². The number of aromatic nitrogens is 2. The lowest BCUT2D eigenvalue weighted by molar-refractivity contribution is -0.114. The Morgan fingerprint density at radius 1 is 1.42 bits per heavy atom. The summed E-state index contributed by atoms with van der Waals surface area (Å²) in [6.45, 7) is 3.13. The fraction of sp³-hybridized carbons (Fsp3) is 0.278. The number of carbonyl (C=O) groups excluding carboxylic acids is 1. The third-order valence-electron chi connectivity index (χ3n) is 3.87. The van der Waals surface area contributed by atoms with Crippen LogP contribution in [0.1, 0.15) is 24.6 Å². The van der Waals surface area contributed by atoms with E-state index in [-0.39, 0.29) is 0 Å². The van der Waals surface area contributed by atoms with Gasteiger partial charge in [0, 0.05) is 31.0 Å². The Balaban J connectivity index is 2.17. The molecule has 24 heavy (non-hydrogen) atoms. The van der Waals surface area contributed by atoms with Gasteiger partial charge in [-0.3, -0.25) is 4.79 Å². The second-order valence-electron chi connectivity index (χ2n) is 5.62. The first-order chi connectivity index (χ1) is 11.5. The highest BCUT2D eigenvalue weighted by atomic mass is 16.1. The molecule has 0 aliphatic heterocycles. The lowest BCUT2D eigenvalue weighted by atomic mass is 10.2. The Bertz CT molecular complexity index is 767. The summed E-state index contributed by atoms with van der Waals surface area (Å²) in [6.07, 6.45) is 6.15. The number of nitriles is 1. The summed E-state index contributed by atoms with van der Waals surface area (Å²) in [5, 5.41) is 8.94. The van der Waals surface area contributed by atoms with Crippen molar-refractivity contribution in [3.63, 3.8) is 0 Å². The average molecular weight is 323 g/mol. The fourth-order valence-electron chi connectivity index (χ4n) is 2.32. The van der Waals surface area contributed by atoms with Crippen molar-refractivity contribution in [1.29, 1.82) is 5.26 Å². The molecule has 0 unspecified atom stereocenters. The zero-order chi connectivity index (χ0) is 17.5. The van der Waals surface area contributed by atoms with Gasteiger partial charge in [-0.1, -0.05) is 6.08 Å². The highest BCUT2D eigenvalue weighted by molar-refractivity contribution is 5.91. The van der Waals surface area contributed by atoms with E-state index in [1.807, 2.05) is 36.0 Å². The van der Waals surface area contributed by atoms with Gasteiger partial charge in [0.1, 0.15) is 0 Å². The van der Waals surface area contributed by atoms with E-state index in [9.17, 15) is 4.79 Å². The Labute approximate surface area is 141 Å². The number of hydrogen-bond donors (Lipinski definition) is 1. The second-order valence-corrected chi connectivity index (χ2v) is 5.62. The SMILES string of the molecule is CC(=CCCN(Cc1cncn1C)c1ccc(C#N)cc1)C(N)=O. The molecular formula is C18H21N5O. The smallest absolute Gasteiger partial charge is 0.244 e. The number of rotatable bonds is 7. The molecule has 0 aliphatic carbocycles. The number of amides is 1. The number of carbonyl (C=O) groups is 1. The lowest BCUT2D eigenvalue weighted by Crippen LogP contribution is -2.25. The average Bonchev–Trinajstić information content (AvgIpc) is 2.98. The molecule has 0 atom stereocenters. The van der Waals surface area contributed by atoms with Crippen LogP contribution in [0.25, 0.3) is 0 Å². The molecule has 0 aliphatic rings. The zero-order valence-corrected chi connectivity index (χ0v) is 13.9. The molecule has 1 amide bonds. The molecule has 6 nitrogen and oxygen atoms in total. The minimum atomic E-state index is -0.397. The quantitative estimate of drug-likeness (QED) is 0.791. The molecule has 6 heteroatoms. The molecule has 1 aromatic carbocycles. The molecule has 0 bridgehead atoms. The van der Waals surface area contributed by atoms with E-state index in [0.29, 0.717) is 24.1 Å². The Hall–Kier alpha value is -3.07. The molecular weight excluding hydrogens is 302 g/mol. The molecule has 1 aromatic heterocycles. The molecule has 124 valence electrons. The molecule has 1 heterocycles. The normalized spacial score (nSPS) is 11.1. The number of imidazole rings is 1. The summed E-state index contributed by atoms with van der Waals surface area (Å²) in [4.78, 5) is 17.4. The van der Waals surface area contributed by atoms with Crippen LogP contribution in [0, 0.1) is 11.3 Å². The van der Waals surface area contributed by atoms with Gasteiger partial charge in [-0.15, -0.1) is 0 Å². The van der Waals surface area contributed by atoms with E-state index in [2.05, 4.69) is 16.0 Å². The topological polar surface area (TPSA) is 87.9 Å². The molecule has 0 fully saturated rings. The predicted molar refractivity (Wildman–Crippen MR) is 93.0 cm³/mol. The number of nitrogens with two attached hydrogens (primary N) is 1. The number of aryl methyl sites for hydroxylation is 1. The van der Waals surface area contributed by atoms with Gasteiger partial charge in [0.2, 0.25) is 5.91 Å². The molecule has 0 saturated carbocycles. The number of nitrogens with zero attached hydrogens (tertiary/aromatic N) is 4. The van der Waals surface area contributed by atoms with E-state index in [1.165, 1.54) is 0 Å². The van der Waals surface area contributed by atoms with E-state index in [0.717, 1.165) is 17.9 Å². The number of benzene rings is 1. The van der Waals surface area contributed by atoms with Gasteiger partial charge in [-0.2, -0.15) is 5.26 Å². The highest BCUT2D eigenvalue weighted by Gasteiger charge is 2.10. The Kier molecular flexibility index (Phi) is 5.74. The van der Waals surface area contributed by atoms with Gasteiger partial charge in [-0.05, 0) is 37.6 Å². The largest absolute Gasteiger partial charge is 0.366 e. The molecule has 0 spiro atoms. The van der Waals surface area contributed by atoms with Gasteiger partial charge in [-0.25, -0.2) is 4.98 Å². The predicted octanol–water partition coefficient (Wildman–Crippen LogP) is 2.12. The van der Waals surface area contributed by atoms with Crippen molar-refractivity contribution in [3.8, 4) is 6.07 Å². The minimum absolute atomic E-state index is 0.397. The summed E-state index contributed by atoms with van der Waals surface area (Å²) >= 11 is 0. The van der Waals surface area contributed by atoms with Crippen molar-refractivity contribution in [2.24, 2.45) is 12.8 Å². The van der Waals surface area contributed by atoms with Crippen molar-refractivity contribution in [2.45, 2.75) is 19.9 Å². The van der Waals surface area contributed by atoms with Crippen LogP contribution < -0.4 is 10.6 Å². The standard InChI is InChI=1S/C18H21N5O/c1-14(18(20)24)4-3-9-23(12-17-11-21-13-22(17)2)16-7-5-15(10-19)6-8-16/h4-8,11,13H,3,9,12H2,1-2H3,(H2,20,24). The second kappa shape index (κ2) is 7.97. The summed E-state index contributed by atoms with van der Waals surface area (Å²) in [7, 11) is 1.95. The Morgan fingerprint density at radius 3 is 2.67 bits per heavy atom. The summed E-state index contributed by atoms with van der Waals surface area (Å²) in [5.41, 5.74) is 8.55. The van der Waals surface area contributed by atoms with Gasteiger partial charge in [0.15, 0.2) is 0 Å². The van der Waals surface area contributed by atoms with Crippen molar-refractivity contribution in [3.05, 3.63) is 59.7 Å². The number of anilines is 1. The monoisotopic (exact) mass is 323 g/mol. The third-order valence-corrected chi connectivity index (χ3v) is 3.87. The van der Waals surface area contributed by atoms with Crippen LogP contribution in [0.4, 0.5) is 5.69 Å². The first-order valence-electron chi connectivity index (χ1n) is 7.68. The maximum Gasteiger partial charge on any atom is 0.244 e. The first-order valence-corrected chi connectivity index (χ1v) is 7.68. The van der Waals surface area contributed by atoms with Crippen LogP contribution in [-0.2, 0) is 18.4 Å². The molecule has 2 rings (SSSR count). The maximum atomic E-state index is 11.1. The molecule has 0 radical (unpaired) electrons. The molecule has 2 aromatic rings. The van der Waals surface area contributed by atoms with Crippen LogP contribution in [0.15, 0.2) is 48.4 Å². The summed E-state index contributed by atoms with van der Waals surface area (Å²) < 4.78 is 1.97. The van der Waals surface area contributed by atoms with Gasteiger partial charge >= 0.3 is 0 Å². The van der Waals surface area contributed by atoms with Gasteiger partial charge in [0.25, 0.3) is 0 Å². The highest BCUT2D eigenvalue weighted by Crippen LogP contribution is 2.18. The summed E-state index contributed by atoms with van der Waals surface area (Å²) in [5.74, 6) is -0.397. The molecule has 2 N–H and O–H groups in total. The van der Waals surface area contributed by atoms with Crippen molar-refractivity contribution in [1.82, 2.24) is 9.55 Å². The van der Waals surface area contributed by atoms with Crippen LogP contribution in [0.5, 0.6) is 0 Å². The maximum absolute atomic E-state index is 11.1. The Morgan fingerprint density at radius 2 is 2.12 bits per heavy atom. The molecule has 0 saturated heterocycles. The van der Waals surface area contributed by atoms with E-state index >= 15 is 0 Å². The van der Waals surface area contributed by atoms with Crippen LogP contribution in [-0.4, -0.2) is 22.0 Å². The fourth-order valence-corrected chi connectivity index (χ4v) is 2.32. The van der Waals surface area contributed by atoms with E-state index in [1.54, 1.807) is 25.4 Å². The van der Waals surface area contributed by atoms with E-state index < -0.39 is 5.91 Å². The van der Waals surface area contributed by atoms with Crippen molar-refractivity contribution >= 4 is 11.6 Å². The van der Waals surface area contributed by atoms with Crippen LogP contribution in [0.2, 0.25) is 0 Å². The minimum Gasteiger partial charge on any atom is -0.366 e. The van der Waals surface area contributed by atoms with Crippen LogP contribution >= 0.6 is 0 Å². The van der Waals surface area contributed by atoms with Gasteiger partial charge in [0.05, 0.1) is 30.2 Å². The van der Waals surface area contributed by atoms with Crippen molar-refractivity contribution < 1.29 is 4.79 Å². The van der Waals surface area contributed by atoms with Crippen molar-refractivity contribution in [2.75, 3.05) is 11.4 Å².